The Morgan fingerprint density at radius 1 is 1.40 bits per heavy atom. The Hall–Kier alpha value is -0.650. The van der Waals surface area contributed by atoms with Crippen LogP contribution in [0.15, 0.2) is 32.5 Å². The molecule has 1 aromatic rings. The predicted molar refractivity (Wildman–Crippen MR) is 63.2 cm³/mol. The lowest BCUT2D eigenvalue weighted by atomic mass is 10.2. The molecule has 0 unspecified atom stereocenters. The number of likely N-dealkylation sites (N-methyl/N-ethyl adjacent to an activating group) is 1. The maximum atomic E-state index is 12.0. The molecule has 80 valence electrons. The highest BCUT2D eigenvalue weighted by atomic mass is 79.9. The molecule has 0 spiro atoms. The summed E-state index contributed by atoms with van der Waals surface area (Å²) in [4.78, 5) is 0.814. The monoisotopic (exact) mass is 287 g/mol. The van der Waals surface area contributed by atoms with Gasteiger partial charge in [0.25, 0.3) is 0 Å². The van der Waals surface area contributed by atoms with Crippen LogP contribution in [0.1, 0.15) is 5.56 Å². The lowest BCUT2D eigenvalue weighted by Gasteiger charge is -2.02. The van der Waals surface area contributed by atoms with Crippen molar-refractivity contribution in [3.8, 4) is 0 Å². The molecule has 0 aliphatic carbocycles. The lowest BCUT2D eigenvalue weighted by Crippen LogP contribution is -2.14. The van der Waals surface area contributed by atoms with Crippen molar-refractivity contribution in [1.29, 1.82) is 0 Å². The normalized spacial score (nSPS) is 17.3. The van der Waals surface area contributed by atoms with Crippen molar-refractivity contribution < 1.29 is 8.42 Å². The Balaban J connectivity index is 2.64. The maximum absolute atomic E-state index is 12.0. The molecule has 1 aliphatic rings. The molecule has 0 radical (unpaired) electrons. The van der Waals surface area contributed by atoms with E-state index in [2.05, 4.69) is 21.2 Å². The van der Waals surface area contributed by atoms with Gasteiger partial charge >= 0.3 is 0 Å². The standard InChI is InChI=1S/C10H10BrNO2S/c1-12-6-7-5-8-9(11)3-2-4-10(8)15(7,13)14/h2-5,12H,6H2,1H3. The summed E-state index contributed by atoms with van der Waals surface area (Å²) >= 11 is 3.35. The van der Waals surface area contributed by atoms with Crippen LogP contribution in [0.5, 0.6) is 0 Å². The Kier molecular flexibility index (Phi) is 2.70. The zero-order chi connectivity index (χ0) is 11.1. The molecule has 3 nitrogen and oxygen atoms in total. The Labute approximate surface area is 97.2 Å². The minimum Gasteiger partial charge on any atom is -0.315 e. The fourth-order valence-electron chi connectivity index (χ4n) is 1.59. The van der Waals surface area contributed by atoms with E-state index in [1.165, 1.54) is 0 Å². The fraction of sp³-hybridized carbons (Fsp3) is 0.200. The largest absolute Gasteiger partial charge is 0.315 e. The van der Waals surface area contributed by atoms with Gasteiger partial charge in [0.05, 0.1) is 9.80 Å². The number of hydrogen-bond acceptors (Lipinski definition) is 3. The molecule has 5 heteroatoms. The topological polar surface area (TPSA) is 46.2 Å². The van der Waals surface area contributed by atoms with E-state index in [1.54, 1.807) is 25.3 Å². The summed E-state index contributed by atoms with van der Waals surface area (Å²) in [5, 5.41) is 2.86. The highest BCUT2D eigenvalue weighted by molar-refractivity contribution is 9.10. The third-order valence-electron chi connectivity index (χ3n) is 2.30. The quantitative estimate of drug-likeness (QED) is 0.902. The molecule has 0 aromatic heterocycles. The summed E-state index contributed by atoms with van der Waals surface area (Å²) in [7, 11) is -1.53. The van der Waals surface area contributed by atoms with E-state index < -0.39 is 9.84 Å². The van der Waals surface area contributed by atoms with Gasteiger partial charge in [0.1, 0.15) is 0 Å². The van der Waals surface area contributed by atoms with Gasteiger partial charge < -0.3 is 5.32 Å². The van der Waals surface area contributed by atoms with Gasteiger partial charge in [-0.1, -0.05) is 22.0 Å². The molecule has 0 amide bonds. The molecular formula is C10H10BrNO2S. The van der Waals surface area contributed by atoms with Crippen LogP contribution in [0.3, 0.4) is 0 Å². The Morgan fingerprint density at radius 3 is 2.73 bits per heavy atom. The average molecular weight is 288 g/mol. The number of sulfone groups is 1. The van der Waals surface area contributed by atoms with Gasteiger partial charge in [0.2, 0.25) is 9.84 Å². The molecule has 1 N–H and O–H groups in total. The first-order chi connectivity index (χ1) is 7.07. The average Bonchev–Trinajstić information content (AvgIpc) is 2.43. The highest BCUT2D eigenvalue weighted by Gasteiger charge is 2.29. The van der Waals surface area contributed by atoms with Crippen molar-refractivity contribution in [1.82, 2.24) is 5.32 Å². The molecule has 0 saturated heterocycles. The third-order valence-corrected chi connectivity index (χ3v) is 4.88. The highest BCUT2D eigenvalue weighted by Crippen LogP contribution is 2.36. The van der Waals surface area contributed by atoms with Gasteiger partial charge in [0, 0.05) is 16.6 Å². The van der Waals surface area contributed by atoms with Gasteiger partial charge in [-0.15, -0.1) is 0 Å². The second-order valence-electron chi connectivity index (χ2n) is 3.30. The molecule has 2 rings (SSSR count). The molecular weight excluding hydrogens is 278 g/mol. The molecule has 1 aliphatic heterocycles. The van der Waals surface area contributed by atoms with Gasteiger partial charge in [-0.3, -0.25) is 0 Å². The maximum Gasteiger partial charge on any atom is 0.204 e. The Morgan fingerprint density at radius 2 is 2.13 bits per heavy atom. The number of halogens is 1. The van der Waals surface area contributed by atoms with Gasteiger partial charge in [-0.25, -0.2) is 8.42 Å². The first-order valence-corrected chi connectivity index (χ1v) is 6.74. The van der Waals surface area contributed by atoms with E-state index in [9.17, 15) is 8.42 Å². The molecule has 15 heavy (non-hydrogen) atoms. The van der Waals surface area contributed by atoms with Crippen molar-refractivity contribution in [3.05, 3.63) is 33.1 Å². The minimum atomic E-state index is -3.26. The number of benzene rings is 1. The van der Waals surface area contributed by atoms with E-state index in [0.717, 1.165) is 10.0 Å². The van der Waals surface area contributed by atoms with Crippen molar-refractivity contribution >= 4 is 31.8 Å². The summed E-state index contributed by atoms with van der Waals surface area (Å²) < 4.78 is 24.8. The van der Waals surface area contributed by atoms with Gasteiger partial charge in [-0.2, -0.15) is 0 Å². The second kappa shape index (κ2) is 3.73. The van der Waals surface area contributed by atoms with Crippen LogP contribution >= 0.6 is 15.9 Å². The van der Waals surface area contributed by atoms with Crippen LogP contribution in [0.25, 0.3) is 6.08 Å². The summed E-state index contributed by atoms with van der Waals surface area (Å²) in [6, 6.07) is 5.21. The number of fused-ring (bicyclic) bond motifs is 1. The first-order valence-electron chi connectivity index (χ1n) is 4.46. The van der Waals surface area contributed by atoms with E-state index in [1.807, 2.05) is 6.07 Å². The number of nitrogens with one attached hydrogen (secondary N) is 1. The van der Waals surface area contributed by atoms with Crippen LogP contribution in [0, 0.1) is 0 Å². The SMILES string of the molecule is CNCC1=Cc2c(Br)cccc2S1(=O)=O. The van der Waals surface area contributed by atoms with E-state index in [-0.39, 0.29) is 0 Å². The smallest absolute Gasteiger partial charge is 0.204 e. The lowest BCUT2D eigenvalue weighted by molar-refractivity contribution is 0.601. The third kappa shape index (κ3) is 1.64. The zero-order valence-electron chi connectivity index (χ0n) is 8.12. The van der Waals surface area contributed by atoms with Gasteiger partial charge in [-0.05, 0) is 25.3 Å². The Bertz CT molecular complexity index is 534. The van der Waals surface area contributed by atoms with Crippen LogP contribution in [0.2, 0.25) is 0 Å². The molecule has 0 bridgehead atoms. The molecule has 1 aromatic carbocycles. The van der Waals surface area contributed by atoms with Crippen molar-refractivity contribution in [3.63, 3.8) is 0 Å². The van der Waals surface area contributed by atoms with Gasteiger partial charge in [0.15, 0.2) is 0 Å². The second-order valence-corrected chi connectivity index (χ2v) is 6.12. The molecule has 1 heterocycles. The van der Waals surface area contributed by atoms with E-state index in [4.69, 9.17) is 0 Å². The fourth-order valence-corrected chi connectivity index (χ4v) is 3.81. The zero-order valence-corrected chi connectivity index (χ0v) is 10.5. The van der Waals surface area contributed by atoms with Crippen LogP contribution in [-0.4, -0.2) is 22.0 Å². The first kappa shape index (κ1) is 10.9. The van der Waals surface area contributed by atoms with Crippen molar-refractivity contribution in [2.45, 2.75) is 4.90 Å². The summed E-state index contributed by atoms with van der Waals surface area (Å²) in [5.41, 5.74) is 0.753. The molecule has 0 atom stereocenters. The van der Waals surface area contributed by atoms with Crippen molar-refractivity contribution in [2.24, 2.45) is 0 Å². The molecule has 0 fully saturated rings. The van der Waals surface area contributed by atoms with Crippen LogP contribution < -0.4 is 5.32 Å². The molecule has 0 saturated carbocycles. The van der Waals surface area contributed by atoms with E-state index >= 15 is 0 Å². The van der Waals surface area contributed by atoms with Crippen molar-refractivity contribution in [2.75, 3.05) is 13.6 Å². The summed E-state index contributed by atoms with van der Waals surface area (Å²) in [6.07, 6.45) is 1.71. The number of rotatable bonds is 2. The van der Waals surface area contributed by atoms with E-state index in [0.29, 0.717) is 16.3 Å². The van der Waals surface area contributed by atoms with Crippen LogP contribution in [-0.2, 0) is 9.84 Å². The minimum absolute atomic E-state index is 0.365. The summed E-state index contributed by atoms with van der Waals surface area (Å²) in [6.45, 7) is 0.365. The number of hydrogen-bond donors (Lipinski definition) is 1. The predicted octanol–water partition coefficient (Wildman–Crippen LogP) is 1.80. The van der Waals surface area contributed by atoms with Crippen LogP contribution in [0.4, 0.5) is 0 Å². The summed E-state index contributed by atoms with van der Waals surface area (Å²) in [5.74, 6) is 0.